The molecule has 0 spiro atoms. The van der Waals surface area contributed by atoms with Gasteiger partial charge in [0.15, 0.2) is 0 Å². The van der Waals surface area contributed by atoms with Crippen molar-refractivity contribution >= 4 is 12.0 Å². The molecule has 0 saturated carbocycles. The van der Waals surface area contributed by atoms with E-state index in [0.29, 0.717) is 35.6 Å². The number of rotatable bonds is 10. The Morgan fingerprint density at radius 2 is 2.09 bits per heavy atom. The molecule has 1 amide bonds. The Bertz CT molecular complexity index is 982. The van der Waals surface area contributed by atoms with Gasteiger partial charge in [-0.15, -0.1) is 0 Å². The number of methoxy groups -OCH3 is 1. The van der Waals surface area contributed by atoms with Gasteiger partial charge in [0.1, 0.15) is 23.4 Å². The summed E-state index contributed by atoms with van der Waals surface area (Å²) in [5.74, 6) is 0.561. The average molecular weight is 439 g/mol. The van der Waals surface area contributed by atoms with E-state index in [-0.39, 0.29) is 30.5 Å². The van der Waals surface area contributed by atoms with E-state index in [1.807, 2.05) is 0 Å². The molecule has 2 aromatic carbocycles. The Hall–Kier alpha value is -3.41. The number of hydrogen-bond donors (Lipinski definition) is 2. The summed E-state index contributed by atoms with van der Waals surface area (Å²) in [5.41, 5.74) is 1.09. The minimum atomic E-state index is -0.378. The van der Waals surface area contributed by atoms with Crippen molar-refractivity contribution in [1.29, 1.82) is 5.26 Å². The number of carbonyl (C=O) groups is 1. The van der Waals surface area contributed by atoms with Crippen LogP contribution in [0, 0.1) is 17.1 Å². The summed E-state index contributed by atoms with van der Waals surface area (Å²) in [6.07, 6.45) is 3.57. The molecular formula is C24H26FN3O4. The highest BCUT2D eigenvalue weighted by molar-refractivity contribution is 5.92. The molecule has 0 aromatic heterocycles. The summed E-state index contributed by atoms with van der Waals surface area (Å²) >= 11 is 0. The first-order valence-electron chi connectivity index (χ1n) is 10.3. The standard InChI is InChI=1S/C24H26FN3O4/c1-31-23-8-2-17(13-26)12-18(23)3-9-24(30)27-20(16-29)10-11-28-14-22(15-28)32-21-6-4-19(25)5-7-21/h2-9,12,20,22,29H,10-11,14-16H2,1H3,(H,27,30)/b9-3+/t20-/m0/s1. The van der Waals surface area contributed by atoms with Crippen LogP contribution < -0.4 is 14.8 Å². The van der Waals surface area contributed by atoms with Crippen molar-refractivity contribution in [3.63, 3.8) is 0 Å². The molecule has 1 saturated heterocycles. The normalized spacial score (nSPS) is 15.1. The topological polar surface area (TPSA) is 94.8 Å². The lowest BCUT2D eigenvalue weighted by atomic mass is 10.1. The zero-order valence-corrected chi connectivity index (χ0v) is 17.8. The molecule has 0 aliphatic carbocycles. The van der Waals surface area contributed by atoms with E-state index < -0.39 is 0 Å². The molecule has 3 rings (SSSR count). The maximum absolute atomic E-state index is 12.9. The van der Waals surface area contributed by atoms with Crippen molar-refractivity contribution < 1.29 is 23.8 Å². The Morgan fingerprint density at radius 1 is 1.34 bits per heavy atom. The van der Waals surface area contributed by atoms with Crippen molar-refractivity contribution in [3.8, 4) is 17.6 Å². The number of aliphatic hydroxyl groups is 1. The molecule has 0 bridgehead atoms. The Balaban J connectivity index is 1.42. The molecule has 2 aromatic rings. The minimum absolute atomic E-state index is 0.0460. The molecule has 1 fully saturated rings. The SMILES string of the molecule is COc1ccc(C#N)cc1/C=C/C(=O)N[C@H](CO)CCN1CC(Oc2ccc(F)cc2)C1. The van der Waals surface area contributed by atoms with E-state index in [1.54, 1.807) is 36.4 Å². The molecule has 1 heterocycles. The van der Waals surface area contributed by atoms with Gasteiger partial charge in [0.25, 0.3) is 0 Å². The van der Waals surface area contributed by atoms with Crippen LogP contribution in [0.15, 0.2) is 48.5 Å². The maximum Gasteiger partial charge on any atom is 0.244 e. The number of hydrogen-bond acceptors (Lipinski definition) is 6. The molecule has 0 radical (unpaired) electrons. The highest BCUT2D eigenvalue weighted by Crippen LogP contribution is 2.21. The van der Waals surface area contributed by atoms with Crippen LogP contribution in [0.5, 0.6) is 11.5 Å². The summed E-state index contributed by atoms with van der Waals surface area (Å²) in [6.45, 7) is 2.00. The number of carbonyl (C=O) groups excluding carboxylic acids is 1. The second kappa shape index (κ2) is 11.3. The van der Waals surface area contributed by atoms with Crippen LogP contribution >= 0.6 is 0 Å². The van der Waals surface area contributed by atoms with Crippen LogP contribution in [0.4, 0.5) is 4.39 Å². The zero-order chi connectivity index (χ0) is 22.9. The highest BCUT2D eigenvalue weighted by Gasteiger charge is 2.28. The fraction of sp³-hybridized carbons (Fsp3) is 0.333. The van der Waals surface area contributed by atoms with Gasteiger partial charge in [0.05, 0.1) is 31.4 Å². The summed E-state index contributed by atoms with van der Waals surface area (Å²) < 4.78 is 24.0. The number of nitriles is 1. The monoisotopic (exact) mass is 439 g/mol. The molecular weight excluding hydrogens is 413 g/mol. The Morgan fingerprint density at radius 3 is 2.75 bits per heavy atom. The molecule has 1 atom stereocenters. The lowest BCUT2D eigenvalue weighted by molar-refractivity contribution is -0.117. The van der Waals surface area contributed by atoms with Crippen molar-refractivity contribution in [1.82, 2.24) is 10.2 Å². The van der Waals surface area contributed by atoms with Crippen LogP contribution in [0.1, 0.15) is 17.5 Å². The maximum atomic E-state index is 12.9. The van der Waals surface area contributed by atoms with Crippen molar-refractivity contribution in [3.05, 3.63) is 65.5 Å². The molecule has 168 valence electrons. The van der Waals surface area contributed by atoms with Gasteiger partial charge in [-0.25, -0.2) is 4.39 Å². The Labute approximate surface area is 186 Å². The summed E-state index contributed by atoms with van der Waals surface area (Å²) in [4.78, 5) is 14.4. The lowest BCUT2D eigenvalue weighted by Crippen LogP contribution is -2.54. The predicted molar refractivity (Wildman–Crippen MR) is 118 cm³/mol. The van der Waals surface area contributed by atoms with Gasteiger partial charge in [-0.05, 0) is 55.0 Å². The third-order valence-corrected chi connectivity index (χ3v) is 5.17. The number of nitrogens with one attached hydrogen (secondary N) is 1. The van der Waals surface area contributed by atoms with E-state index >= 15 is 0 Å². The first kappa shape index (κ1) is 23.3. The molecule has 7 nitrogen and oxygen atoms in total. The van der Waals surface area contributed by atoms with Gasteiger partial charge in [0.2, 0.25) is 5.91 Å². The van der Waals surface area contributed by atoms with Gasteiger partial charge in [-0.1, -0.05) is 0 Å². The third kappa shape index (κ3) is 6.54. The van der Waals surface area contributed by atoms with E-state index in [0.717, 1.165) is 13.1 Å². The van der Waals surface area contributed by atoms with E-state index in [2.05, 4.69) is 16.3 Å². The number of ether oxygens (including phenoxy) is 2. The van der Waals surface area contributed by atoms with E-state index in [9.17, 15) is 14.3 Å². The largest absolute Gasteiger partial charge is 0.496 e. The molecule has 1 aliphatic rings. The lowest BCUT2D eigenvalue weighted by Gasteiger charge is -2.39. The number of amides is 1. The van der Waals surface area contributed by atoms with Crippen molar-refractivity contribution in [2.24, 2.45) is 0 Å². The van der Waals surface area contributed by atoms with Crippen molar-refractivity contribution in [2.75, 3.05) is 33.4 Å². The van der Waals surface area contributed by atoms with Gasteiger partial charge in [0, 0.05) is 31.3 Å². The van der Waals surface area contributed by atoms with Gasteiger partial charge in [-0.3, -0.25) is 9.69 Å². The number of likely N-dealkylation sites (tertiary alicyclic amines) is 1. The summed E-state index contributed by atoms with van der Waals surface area (Å²) in [6, 6.07) is 12.6. The summed E-state index contributed by atoms with van der Waals surface area (Å²) in [5, 5.41) is 21.4. The number of nitrogens with zero attached hydrogens (tertiary/aromatic N) is 2. The summed E-state index contributed by atoms with van der Waals surface area (Å²) in [7, 11) is 1.52. The second-order valence-electron chi connectivity index (χ2n) is 7.53. The van der Waals surface area contributed by atoms with E-state index in [1.165, 1.54) is 25.3 Å². The molecule has 8 heteroatoms. The smallest absolute Gasteiger partial charge is 0.244 e. The molecule has 2 N–H and O–H groups in total. The first-order chi connectivity index (χ1) is 15.5. The number of aliphatic hydroxyl groups excluding tert-OH is 1. The predicted octanol–water partition coefficient (Wildman–Crippen LogP) is 2.35. The van der Waals surface area contributed by atoms with Crippen LogP contribution in [0.25, 0.3) is 6.08 Å². The minimum Gasteiger partial charge on any atom is -0.496 e. The van der Waals surface area contributed by atoms with Crippen LogP contribution in [-0.4, -0.2) is 61.4 Å². The fourth-order valence-corrected chi connectivity index (χ4v) is 3.38. The van der Waals surface area contributed by atoms with Gasteiger partial charge < -0.3 is 19.9 Å². The van der Waals surface area contributed by atoms with Crippen LogP contribution in [0.2, 0.25) is 0 Å². The first-order valence-corrected chi connectivity index (χ1v) is 10.3. The fourth-order valence-electron chi connectivity index (χ4n) is 3.38. The Kier molecular flexibility index (Phi) is 8.20. The zero-order valence-electron chi connectivity index (χ0n) is 17.8. The quantitative estimate of drug-likeness (QED) is 0.552. The van der Waals surface area contributed by atoms with Crippen LogP contribution in [-0.2, 0) is 4.79 Å². The second-order valence-corrected chi connectivity index (χ2v) is 7.53. The van der Waals surface area contributed by atoms with Crippen molar-refractivity contribution in [2.45, 2.75) is 18.6 Å². The van der Waals surface area contributed by atoms with Gasteiger partial charge in [-0.2, -0.15) is 5.26 Å². The van der Waals surface area contributed by atoms with Gasteiger partial charge >= 0.3 is 0 Å². The van der Waals surface area contributed by atoms with E-state index in [4.69, 9.17) is 14.7 Å². The average Bonchev–Trinajstić information content (AvgIpc) is 2.79. The molecule has 0 unspecified atom stereocenters. The molecule has 1 aliphatic heterocycles. The third-order valence-electron chi connectivity index (χ3n) is 5.17. The number of halogens is 1. The van der Waals surface area contributed by atoms with Crippen LogP contribution in [0.3, 0.4) is 0 Å². The number of benzene rings is 2. The highest BCUT2D eigenvalue weighted by atomic mass is 19.1. The molecule has 32 heavy (non-hydrogen) atoms.